The molecule has 1 aliphatic heterocycles. The number of pyridine rings is 1. The molecular weight excluding hydrogens is 500 g/mol. The van der Waals surface area contributed by atoms with E-state index in [2.05, 4.69) is 25.2 Å². The normalized spacial score (nSPS) is 14.6. The highest BCUT2D eigenvalue weighted by molar-refractivity contribution is 7.15. The van der Waals surface area contributed by atoms with Gasteiger partial charge in [0, 0.05) is 30.1 Å². The molecule has 4 rings (SSSR count). The van der Waals surface area contributed by atoms with E-state index in [1.165, 1.54) is 23.5 Å². The average Bonchev–Trinajstić information content (AvgIpc) is 3.33. The number of nitrogens with zero attached hydrogens (tertiary/aromatic N) is 4. The molecule has 196 valence electrons. The van der Waals surface area contributed by atoms with Crippen LogP contribution in [-0.4, -0.2) is 51.6 Å². The van der Waals surface area contributed by atoms with Crippen molar-refractivity contribution in [3.63, 3.8) is 0 Å². The number of hydrogen-bond donors (Lipinski definition) is 1. The smallest absolute Gasteiger partial charge is 0.387 e. The molecular formula is C26H29F2N5O3S. The molecule has 0 aliphatic carbocycles. The van der Waals surface area contributed by atoms with Crippen LogP contribution in [0.15, 0.2) is 36.4 Å². The molecule has 3 heterocycles. The number of para-hydroxylation sites is 1. The van der Waals surface area contributed by atoms with Crippen LogP contribution in [0.1, 0.15) is 76.6 Å². The molecule has 0 saturated carbocycles. The van der Waals surface area contributed by atoms with E-state index in [0.717, 1.165) is 10.7 Å². The molecule has 1 saturated heterocycles. The maximum absolute atomic E-state index is 13.2. The molecule has 0 radical (unpaired) electrons. The van der Waals surface area contributed by atoms with Crippen molar-refractivity contribution < 1.29 is 23.1 Å². The Hall–Kier alpha value is -3.47. The summed E-state index contributed by atoms with van der Waals surface area (Å²) in [6.45, 7) is 5.73. The summed E-state index contributed by atoms with van der Waals surface area (Å²) < 4.78 is 30.1. The Bertz CT molecular complexity index is 1280. The average molecular weight is 530 g/mol. The maximum Gasteiger partial charge on any atom is 0.387 e. The number of ether oxygens (including phenoxy) is 1. The number of alkyl halides is 2. The van der Waals surface area contributed by atoms with Crippen molar-refractivity contribution in [2.45, 2.75) is 58.5 Å². The third kappa shape index (κ3) is 6.27. The van der Waals surface area contributed by atoms with Gasteiger partial charge in [-0.1, -0.05) is 44.2 Å². The number of carbonyl (C=O) groups is 2. The summed E-state index contributed by atoms with van der Waals surface area (Å²) in [6.07, 6.45) is 1.15. The number of likely N-dealkylation sites (tertiary alicyclic amines) is 1. The molecule has 11 heteroatoms. The molecule has 1 aliphatic rings. The van der Waals surface area contributed by atoms with E-state index in [1.54, 1.807) is 29.2 Å². The summed E-state index contributed by atoms with van der Waals surface area (Å²) in [4.78, 5) is 32.5. The van der Waals surface area contributed by atoms with Crippen molar-refractivity contribution in [2.75, 3.05) is 18.4 Å². The lowest BCUT2D eigenvalue weighted by Gasteiger charge is -2.32. The first-order chi connectivity index (χ1) is 17.5. The lowest BCUT2D eigenvalue weighted by molar-refractivity contribution is -0.0503. The van der Waals surface area contributed by atoms with Gasteiger partial charge in [-0.15, -0.1) is 10.2 Å². The largest absolute Gasteiger partial charge is 0.434 e. The Morgan fingerprint density at radius 1 is 1.08 bits per heavy atom. The number of carbonyl (C=O) groups excluding carboxylic acids is 2. The van der Waals surface area contributed by atoms with Crippen LogP contribution in [-0.2, 0) is 5.41 Å². The van der Waals surface area contributed by atoms with Crippen LogP contribution < -0.4 is 10.1 Å². The minimum Gasteiger partial charge on any atom is -0.434 e. The third-order valence-corrected chi connectivity index (χ3v) is 7.36. The number of nitrogens with one attached hydrogen (secondary N) is 1. The standard InChI is InChI=1S/C26H29F2N5O3S/c1-15-9-10-18(21(34)30-25-32-31-23(37-25)26(2,3)4)20(29-15)16-11-13-33(14-12-16)22(35)17-7-5-6-8-19(17)36-24(27)28/h5-10,16,24H,11-14H2,1-4H3,(H,30,32,34). The molecule has 0 bridgehead atoms. The zero-order valence-corrected chi connectivity index (χ0v) is 21.9. The van der Waals surface area contributed by atoms with Gasteiger partial charge in [0.2, 0.25) is 5.13 Å². The zero-order chi connectivity index (χ0) is 26.7. The highest BCUT2D eigenvalue weighted by atomic mass is 32.1. The van der Waals surface area contributed by atoms with Crippen LogP contribution in [0.5, 0.6) is 5.75 Å². The fourth-order valence-corrected chi connectivity index (χ4v) is 4.99. The van der Waals surface area contributed by atoms with E-state index in [1.807, 2.05) is 27.7 Å². The fourth-order valence-electron chi connectivity index (χ4n) is 4.19. The van der Waals surface area contributed by atoms with E-state index in [4.69, 9.17) is 0 Å². The topological polar surface area (TPSA) is 97.3 Å². The Morgan fingerprint density at radius 3 is 2.43 bits per heavy atom. The van der Waals surface area contributed by atoms with Crippen molar-refractivity contribution in [1.29, 1.82) is 0 Å². The number of benzene rings is 1. The van der Waals surface area contributed by atoms with Gasteiger partial charge in [-0.25, -0.2) is 0 Å². The van der Waals surface area contributed by atoms with Crippen LogP contribution in [0.25, 0.3) is 0 Å². The SMILES string of the molecule is Cc1ccc(C(=O)Nc2nnc(C(C)(C)C)s2)c(C2CCN(C(=O)c3ccccc3OC(F)F)CC2)n1. The molecule has 2 aromatic heterocycles. The number of halogens is 2. The summed E-state index contributed by atoms with van der Waals surface area (Å²) in [6, 6.07) is 9.54. The fraction of sp³-hybridized carbons (Fsp3) is 0.423. The molecule has 0 atom stereocenters. The molecule has 8 nitrogen and oxygen atoms in total. The second-order valence-corrected chi connectivity index (χ2v) is 10.9. The van der Waals surface area contributed by atoms with Crippen molar-refractivity contribution in [3.05, 3.63) is 63.9 Å². The van der Waals surface area contributed by atoms with Gasteiger partial charge in [-0.3, -0.25) is 19.9 Å². The van der Waals surface area contributed by atoms with Crippen LogP contribution in [0.3, 0.4) is 0 Å². The van der Waals surface area contributed by atoms with Crippen molar-refractivity contribution in [3.8, 4) is 5.75 Å². The molecule has 3 aromatic rings. The quantitative estimate of drug-likeness (QED) is 0.459. The second kappa shape index (κ2) is 10.9. The van der Waals surface area contributed by atoms with Crippen LogP contribution in [0, 0.1) is 6.92 Å². The summed E-state index contributed by atoms with van der Waals surface area (Å²) >= 11 is 1.34. The monoisotopic (exact) mass is 529 g/mol. The zero-order valence-electron chi connectivity index (χ0n) is 21.1. The van der Waals surface area contributed by atoms with Crippen LogP contribution in [0.4, 0.5) is 13.9 Å². The van der Waals surface area contributed by atoms with Gasteiger partial charge in [-0.05, 0) is 44.0 Å². The van der Waals surface area contributed by atoms with Gasteiger partial charge in [0.1, 0.15) is 10.8 Å². The summed E-state index contributed by atoms with van der Waals surface area (Å²) in [5, 5.41) is 12.4. The first-order valence-corrected chi connectivity index (χ1v) is 12.8. The lowest BCUT2D eigenvalue weighted by Crippen LogP contribution is -2.38. The van der Waals surface area contributed by atoms with Gasteiger partial charge in [-0.2, -0.15) is 8.78 Å². The Morgan fingerprint density at radius 2 is 1.78 bits per heavy atom. The van der Waals surface area contributed by atoms with Gasteiger partial charge in [0.15, 0.2) is 0 Å². The van der Waals surface area contributed by atoms with Crippen molar-refractivity contribution in [1.82, 2.24) is 20.1 Å². The number of aromatic nitrogens is 3. The first kappa shape index (κ1) is 26.6. The minimum atomic E-state index is -3.02. The van der Waals surface area contributed by atoms with Gasteiger partial charge in [0.25, 0.3) is 11.8 Å². The minimum absolute atomic E-state index is 0.0446. The maximum atomic E-state index is 13.2. The van der Waals surface area contributed by atoms with Gasteiger partial charge < -0.3 is 9.64 Å². The lowest BCUT2D eigenvalue weighted by atomic mass is 9.89. The third-order valence-electron chi connectivity index (χ3n) is 6.10. The highest BCUT2D eigenvalue weighted by Crippen LogP contribution is 2.32. The van der Waals surface area contributed by atoms with Crippen molar-refractivity contribution in [2.24, 2.45) is 0 Å². The highest BCUT2D eigenvalue weighted by Gasteiger charge is 2.30. The van der Waals surface area contributed by atoms with Crippen LogP contribution in [0.2, 0.25) is 0 Å². The van der Waals surface area contributed by atoms with Gasteiger partial charge in [0.05, 0.1) is 16.8 Å². The predicted octanol–water partition coefficient (Wildman–Crippen LogP) is 5.41. The number of rotatable bonds is 6. The van der Waals surface area contributed by atoms with E-state index in [-0.39, 0.29) is 34.5 Å². The molecule has 0 spiro atoms. The van der Waals surface area contributed by atoms with E-state index in [9.17, 15) is 18.4 Å². The Balaban J connectivity index is 1.47. The molecule has 1 fully saturated rings. The Labute approximate surface area is 218 Å². The number of amides is 2. The van der Waals surface area contributed by atoms with E-state index < -0.39 is 6.61 Å². The summed E-state index contributed by atoms with van der Waals surface area (Å²) in [7, 11) is 0. The molecule has 2 amide bonds. The summed E-state index contributed by atoms with van der Waals surface area (Å²) in [5.41, 5.74) is 1.84. The van der Waals surface area contributed by atoms with Crippen LogP contribution >= 0.6 is 11.3 Å². The molecule has 0 unspecified atom stereocenters. The van der Waals surface area contributed by atoms with E-state index in [0.29, 0.717) is 42.3 Å². The van der Waals surface area contributed by atoms with Crippen molar-refractivity contribution >= 4 is 28.3 Å². The first-order valence-electron chi connectivity index (χ1n) is 12.0. The van der Waals surface area contributed by atoms with E-state index >= 15 is 0 Å². The Kier molecular flexibility index (Phi) is 7.82. The summed E-state index contributed by atoms with van der Waals surface area (Å²) in [5.74, 6) is -0.862. The number of anilines is 1. The molecule has 1 N–H and O–H groups in total. The molecule has 1 aromatic carbocycles. The molecule has 37 heavy (non-hydrogen) atoms. The number of piperidine rings is 1. The van der Waals surface area contributed by atoms with Gasteiger partial charge >= 0.3 is 6.61 Å². The second-order valence-electron chi connectivity index (χ2n) is 9.94. The number of aryl methyl sites for hydroxylation is 1. The predicted molar refractivity (Wildman–Crippen MR) is 136 cm³/mol. The number of hydrogen-bond acceptors (Lipinski definition) is 7.